The number of benzene rings is 1. The van der Waals surface area contributed by atoms with E-state index in [-0.39, 0.29) is 12.2 Å². The first-order valence-corrected chi connectivity index (χ1v) is 5.77. The first-order chi connectivity index (χ1) is 8.04. The molecule has 0 fully saturated rings. The second-order valence-corrected chi connectivity index (χ2v) is 4.04. The predicted molar refractivity (Wildman–Crippen MR) is 64.3 cm³/mol. The quantitative estimate of drug-likeness (QED) is 0.802. The highest BCUT2D eigenvalue weighted by molar-refractivity contribution is 5.69. The third kappa shape index (κ3) is 3.27. The molecule has 1 rings (SSSR count). The van der Waals surface area contributed by atoms with Gasteiger partial charge in [0.25, 0.3) is 0 Å². The van der Waals surface area contributed by atoms with E-state index in [0.717, 1.165) is 5.56 Å². The van der Waals surface area contributed by atoms with Crippen LogP contribution in [0.2, 0.25) is 0 Å². The third-order valence-corrected chi connectivity index (χ3v) is 2.97. The highest BCUT2D eigenvalue weighted by Crippen LogP contribution is 2.29. The highest BCUT2D eigenvalue weighted by atomic mass is 19.1. The topological polar surface area (TPSA) is 49.3 Å². The molecule has 0 heterocycles. The zero-order valence-corrected chi connectivity index (χ0v) is 10.2. The molecule has 0 aliphatic rings. The SMILES string of the molecule is CCNC(CC)(CC(=O)O)c1ccc(F)cc1. The third-order valence-electron chi connectivity index (χ3n) is 2.97. The number of hydrogen-bond acceptors (Lipinski definition) is 2. The van der Waals surface area contributed by atoms with Gasteiger partial charge in [0.2, 0.25) is 0 Å². The maximum absolute atomic E-state index is 12.9. The standard InChI is InChI=1S/C13H18FNO2/c1-3-13(15-4-2,9-12(16)17)10-5-7-11(14)8-6-10/h5-8,15H,3-4,9H2,1-2H3,(H,16,17). The maximum Gasteiger partial charge on any atom is 0.305 e. The summed E-state index contributed by atoms with van der Waals surface area (Å²) in [6.07, 6.45) is 0.627. The molecule has 1 aromatic rings. The zero-order chi connectivity index (χ0) is 12.9. The first-order valence-electron chi connectivity index (χ1n) is 5.77. The Morgan fingerprint density at radius 3 is 2.35 bits per heavy atom. The summed E-state index contributed by atoms with van der Waals surface area (Å²) in [6.45, 7) is 4.52. The molecule has 0 spiro atoms. The smallest absolute Gasteiger partial charge is 0.305 e. The molecule has 0 aliphatic heterocycles. The Hall–Kier alpha value is -1.42. The van der Waals surface area contributed by atoms with Crippen LogP contribution in [0, 0.1) is 5.82 Å². The number of nitrogens with one attached hydrogen (secondary N) is 1. The van der Waals surface area contributed by atoms with E-state index < -0.39 is 11.5 Å². The molecule has 1 aromatic carbocycles. The molecule has 0 aliphatic carbocycles. The van der Waals surface area contributed by atoms with Crippen molar-refractivity contribution in [3.63, 3.8) is 0 Å². The average molecular weight is 239 g/mol. The molecule has 94 valence electrons. The molecule has 4 heteroatoms. The second-order valence-electron chi connectivity index (χ2n) is 4.04. The van der Waals surface area contributed by atoms with Crippen LogP contribution >= 0.6 is 0 Å². The molecular weight excluding hydrogens is 221 g/mol. The van der Waals surface area contributed by atoms with Crippen LogP contribution in [0.4, 0.5) is 4.39 Å². The van der Waals surface area contributed by atoms with Gasteiger partial charge in [-0.15, -0.1) is 0 Å². The number of hydrogen-bond donors (Lipinski definition) is 2. The number of carboxylic acid groups (broad SMARTS) is 1. The van der Waals surface area contributed by atoms with Crippen molar-refractivity contribution in [2.24, 2.45) is 0 Å². The Bertz CT molecular complexity index is 378. The molecule has 1 unspecified atom stereocenters. The number of rotatable bonds is 6. The molecule has 3 nitrogen and oxygen atoms in total. The van der Waals surface area contributed by atoms with E-state index in [2.05, 4.69) is 5.32 Å². The number of aliphatic carboxylic acids is 1. The summed E-state index contributed by atoms with van der Waals surface area (Å²) in [7, 11) is 0. The van der Waals surface area contributed by atoms with E-state index in [1.165, 1.54) is 12.1 Å². The molecule has 0 bridgehead atoms. The van der Waals surface area contributed by atoms with Crippen LogP contribution in [0.1, 0.15) is 32.3 Å². The largest absolute Gasteiger partial charge is 0.481 e. The lowest BCUT2D eigenvalue weighted by molar-refractivity contribution is -0.139. The Balaban J connectivity index is 3.10. The van der Waals surface area contributed by atoms with Crippen LogP contribution in [-0.4, -0.2) is 17.6 Å². The van der Waals surface area contributed by atoms with Gasteiger partial charge in [0.15, 0.2) is 0 Å². The lowest BCUT2D eigenvalue weighted by Gasteiger charge is -2.33. The molecule has 2 N–H and O–H groups in total. The fourth-order valence-corrected chi connectivity index (χ4v) is 2.09. The minimum Gasteiger partial charge on any atom is -0.481 e. The lowest BCUT2D eigenvalue weighted by atomic mass is 9.84. The summed E-state index contributed by atoms with van der Waals surface area (Å²) in [6, 6.07) is 6.01. The van der Waals surface area contributed by atoms with Gasteiger partial charge in [0.1, 0.15) is 5.82 Å². The monoisotopic (exact) mass is 239 g/mol. The fraction of sp³-hybridized carbons (Fsp3) is 0.462. The summed E-state index contributed by atoms with van der Waals surface area (Å²) >= 11 is 0. The van der Waals surface area contributed by atoms with Crippen molar-refractivity contribution in [3.8, 4) is 0 Å². The van der Waals surface area contributed by atoms with Gasteiger partial charge in [-0.1, -0.05) is 26.0 Å². The van der Waals surface area contributed by atoms with Gasteiger partial charge in [-0.05, 0) is 30.7 Å². The Morgan fingerprint density at radius 1 is 1.35 bits per heavy atom. The van der Waals surface area contributed by atoms with Gasteiger partial charge < -0.3 is 10.4 Å². The number of halogens is 1. The summed E-state index contributed by atoms with van der Waals surface area (Å²) < 4.78 is 12.9. The van der Waals surface area contributed by atoms with Gasteiger partial charge in [0.05, 0.1) is 12.0 Å². The Labute approximate surface area is 101 Å². The van der Waals surface area contributed by atoms with Gasteiger partial charge in [0, 0.05) is 0 Å². The molecule has 0 saturated heterocycles. The van der Waals surface area contributed by atoms with E-state index in [9.17, 15) is 9.18 Å². The van der Waals surface area contributed by atoms with Crippen LogP contribution < -0.4 is 5.32 Å². The first kappa shape index (κ1) is 13.6. The van der Waals surface area contributed by atoms with Crippen molar-refractivity contribution >= 4 is 5.97 Å². The van der Waals surface area contributed by atoms with Crippen molar-refractivity contribution in [1.82, 2.24) is 5.32 Å². The minimum absolute atomic E-state index is 0.0109. The van der Waals surface area contributed by atoms with E-state index in [1.807, 2.05) is 13.8 Å². The maximum atomic E-state index is 12.9. The van der Waals surface area contributed by atoms with Gasteiger partial charge in [-0.25, -0.2) is 4.39 Å². The van der Waals surface area contributed by atoms with Crippen LogP contribution in [-0.2, 0) is 10.3 Å². The molecule has 0 aromatic heterocycles. The van der Waals surface area contributed by atoms with Crippen LogP contribution in [0.3, 0.4) is 0 Å². The van der Waals surface area contributed by atoms with Crippen molar-refractivity contribution < 1.29 is 14.3 Å². The van der Waals surface area contributed by atoms with E-state index >= 15 is 0 Å². The van der Waals surface area contributed by atoms with Crippen molar-refractivity contribution in [3.05, 3.63) is 35.6 Å². The normalized spacial score (nSPS) is 14.3. The Morgan fingerprint density at radius 2 is 1.94 bits per heavy atom. The summed E-state index contributed by atoms with van der Waals surface area (Å²) in [4.78, 5) is 11.0. The van der Waals surface area contributed by atoms with Gasteiger partial charge in [-0.2, -0.15) is 0 Å². The van der Waals surface area contributed by atoms with E-state index in [4.69, 9.17) is 5.11 Å². The summed E-state index contributed by atoms with van der Waals surface area (Å²) in [5.41, 5.74) is 0.194. The van der Waals surface area contributed by atoms with Crippen LogP contribution in [0.15, 0.2) is 24.3 Å². The molecule has 1 atom stereocenters. The molecule has 0 radical (unpaired) electrons. The predicted octanol–water partition coefficient (Wildman–Crippen LogP) is 2.52. The van der Waals surface area contributed by atoms with Crippen molar-refractivity contribution in [2.75, 3.05) is 6.54 Å². The van der Waals surface area contributed by atoms with E-state index in [1.54, 1.807) is 12.1 Å². The van der Waals surface area contributed by atoms with Crippen LogP contribution in [0.25, 0.3) is 0 Å². The molecule has 0 saturated carbocycles. The van der Waals surface area contributed by atoms with Gasteiger partial charge >= 0.3 is 5.97 Å². The number of carboxylic acids is 1. The lowest BCUT2D eigenvalue weighted by Crippen LogP contribution is -2.43. The molecule has 0 amide bonds. The summed E-state index contributed by atoms with van der Waals surface area (Å²) in [5.74, 6) is -1.18. The summed E-state index contributed by atoms with van der Waals surface area (Å²) in [5, 5.41) is 12.2. The number of carbonyl (C=O) groups is 1. The van der Waals surface area contributed by atoms with Crippen molar-refractivity contribution in [2.45, 2.75) is 32.2 Å². The van der Waals surface area contributed by atoms with E-state index in [0.29, 0.717) is 13.0 Å². The Kier molecular flexibility index (Phi) is 4.63. The molecule has 17 heavy (non-hydrogen) atoms. The minimum atomic E-state index is -0.864. The molecular formula is C13H18FNO2. The average Bonchev–Trinajstić information content (AvgIpc) is 2.28. The van der Waals surface area contributed by atoms with Crippen molar-refractivity contribution in [1.29, 1.82) is 0 Å². The zero-order valence-electron chi connectivity index (χ0n) is 10.2. The fourth-order valence-electron chi connectivity index (χ4n) is 2.09. The highest BCUT2D eigenvalue weighted by Gasteiger charge is 2.31. The van der Waals surface area contributed by atoms with Gasteiger partial charge in [-0.3, -0.25) is 4.79 Å². The van der Waals surface area contributed by atoms with Crippen LogP contribution in [0.5, 0.6) is 0 Å². The second kappa shape index (κ2) is 5.77.